The Hall–Kier alpha value is -2.15. The van der Waals surface area contributed by atoms with E-state index in [2.05, 4.69) is 9.71 Å². The lowest BCUT2D eigenvalue weighted by Crippen LogP contribution is -2.26. The highest BCUT2D eigenvalue weighted by Crippen LogP contribution is 2.27. The molecule has 0 saturated carbocycles. The Kier molecular flexibility index (Phi) is 5.76. The Bertz CT molecular complexity index is 954. The van der Waals surface area contributed by atoms with Crippen molar-refractivity contribution < 1.29 is 8.42 Å². The molecule has 7 heteroatoms. The van der Waals surface area contributed by atoms with E-state index in [1.54, 1.807) is 18.3 Å². The van der Waals surface area contributed by atoms with Crippen molar-refractivity contribution in [1.82, 2.24) is 14.3 Å². The number of benzene rings is 1. The smallest absolute Gasteiger partial charge is 0.240 e. The summed E-state index contributed by atoms with van der Waals surface area (Å²) in [6.07, 6.45) is 6.16. The van der Waals surface area contributed by atoms with Crippen LogP contribution in [0.15, 0.2) is 72.0 Å². The van der Waals surface area contributed by atoms with Crippen LogP contribution in [0.2, 0.25) is 5.02 Å². The molecule has 5 nitrogen and oxygen atoms in total. The summed E-state index contributed by atoms with van der Waals surface area (Å²) < 4.78 is 29.6. The number of aromatic nitrogens is 2. The van der Waals surface area contributed by atoms with Crippen LogP contribution in [0.4, 0.5) is 0 Å². The number of rotatable bonds is 7. The number of pyridine rings is 1. The van der Waals surface area contributed by atoms with Crippen molar-refractivity contribution in [2.24, 2.45) is 7.05 Å². The molecule has 3 aromatic rings. The van der Waals surface area contributed by atoms with Gasteiger partial charge in [-0.2, -0.15) is 0 Å². The number of sulfonamides is 1. The van der Waals surface area contributed by atoms with Crippen LogP contribution in [0.1, 0.15) is 23.6 Å². The predicted octanol–water partition coefficient (Wildman–Crippen LogP) is 3.57. The van der Waals surface area contributed by atoms with Crippen molar-refractivity contribution in [3.05, 3.63) is 83.4 Å². The number of hydrogen-bond acceptors (Lipinski definition) is 3. The highest BCUT2D eigenvalue weighted by Gasteiger charge is 2.19. The van der Waals surface area contributed by atoms with Crippen molar-refractivity contribution in [3.8, 4) is 0 Å². The standard InChI is InChI=1S/C19H20ClN3O2S/c1-23-13-3-5-19(23)18(15-4-2-11-21-14-15)10-12-22-26(24,25)17-8-6-16(20)7-9-17/h2-9,11,13-14,18,22H,10,12H2,1H3. The second-order valence-corrected chi connectivity index (χ2v) is 8.23. The summed E-state index contributed by atoms with van der Waals surface area (Å²) in [4.78, 5) is 4.40. The minimum Gasteiger partial charge on any atom is -0.354 e. The van der Waals surface area contributed by atoms with E-state index in [1.165, 1.54) is 12.1 Å². The van der Waals surface area contributed by atoms with Gasteiger partial charge in [0, 0.05) is 48.8 Å². The molecule has 0 aliphatic carbocycles. The summed E-state index contributed by atoms with van der Waals surface area (Å²) in [7, 11) is -1.58. The zero-order chi connectivity index (χ0) is 18.6. The van der Waals surface area contributed by atoms with E-state index in [0.717, 1.165) is 11.3 Å². The fourth-order valence-electron chi connectivity index (χ4n) is 2.94. The lowest BCUT2D eigenvalue weighted by atomic mass is 9.94. The molecule has 1 atom stereocenters. The van der Waals surface area contributed by atoms with Crippen molar-refractivity contribution in [1.29, 1.82) is 0 Å². The highest BCUT2D eigenvalue weighted by atomic mass is 35.5. The third-order valence-corrected chi connectivity index (χ3v) is 6.01. The van der Waals surface area contributed by atoms with Gasteiger partial charge in [-0.3, -0.25) is 4.98 Å². The van der Waals surface area contributed by atoms with Crippen molar-refractivity contribution in [2.75, 3.05) is 6.54 Å². The highest BCUT2D eigenvalue weighted by molar-refractivity contribution is 7.89. The molecule has 0 aliphatic heterocycles. The molecule has 3 rings (SSSR count). The molecule has 0 fully saturated rings. The van der Waals surface area contributed by atoms with Crippen LogP contribution < -0.4 is 4.72 Å². The van der Waals surface area contributed by atoms with E-state index in [9.17, 15) is 8.42 Å². The average Bonchev–Trinajstić information content (AvgIpc) is 3.05. The van der Waals surface area contributed by atoms with E-state index in [0.29, 0.717) is 18.0 Å². The SMILES string of the molecule is Cn1cccc1C(CCNS(=O)(=O)c1ccc(Cl)cc1)c1cccnc1. The van der Waals surface area contributed by atoms with Crippen LogP contribution in [0.5, 0.6) is 0 Å². The van der Waals surface area contributed by atoms with Crippen molar-refractivity contribution in [3.63, 3.8) is 0 Å². The summed E-state index contributed by atoms with van der Waals surface area (Å²) in [5.74, 6) is 0.0524. The maximum atomic E-state index is 12.4. The third kappa shape index (κ3) is 4.33. The molecule has 0 amide bonds. The van der Waals surface area contributed by atoms with Gasteiger partial charge in [-0.25, -0.2) is 13.1 Å². The Balaban J connectivity index is 1.74. The van der Waals surface area contributed by atoms with Gasteiger partial charge in [-0.1, -0.05) is 17.7 Å². The van der Waals surface area contributed by atoms with Crippen LogP contribution in [0.25, 0.3) is 0 Å². The lowest BCUT2D eigenvalue weighted by Gasteiger charge is -2.19. The van der Waals surface area contributed by atoms with Gasteiger partial charge in [0.1, 0.15) is 0 Å². The summed E-state index contributed by atoms with van der Waals surface area (Å²) in [6.45, 7) is 0.315. The van der Waals surface area contributed by atoms with Gasteiger partial charge < -0.3 is 4.57 Å². The molecule has 0 radical (unpaired) electrons. The van der Waals surface area contributed by atoms with Gasteiger partial charge in [-0.05, 0) is 54.4 Å². The molecular formula is C19H20ClN3O2S. The summed E-state index contributed by atoms with van der Waals surface area (Å²) >= 11 is 5.82. The van der Waals surface area contributed by atoms with Crippen LogP contribution in [0.3, 0.4) is 0 Å². The van der Waals surface area contributed by atoms with Gasteiger partial charge >= 0.3 is 0 Å². The second-order valence-electron chi connectivity index (χ2n) is 6.02. The molecule has 2 aromatic heterocycles. The van der Waals surface area contributed by atoms with Crippen LogP contribution >= 0.6 is 11.6 Å². The van der Waals surface area contributed by atoms with Gasteiger partial charge in [0.05, 0.1) is 4.90 Å². The summed E-state index contributed by atoms with van der Waals surface area (Å²) in [5, 5.41) is 0.504. The third-order valence-electron chi connectivity index (χ3n) is 4.28. The Morgan fingerprint density at radius 3 is 2.54 bits per heavy atom. The zero-order valence-corrected chi connectivity index (χ0v) is 15.9. The molecule has 26 heavy (non-hydrogen) atoms. The zero-order valence-electron chi connectivity index (χ0n) is 14.3. The molecule has 0 saturated heterocycles. The first-order valence-corrected chi connectivity index (χ1v) is 10.1. The number of aryl methyl sites for hydroxylation is 1. The van der Waals surface area contributed by atoms with Gasteiger partial charge in [-0.15, -0.1) is 0 Å². The summed E-state index contributed by atoms with van der Waals surface area (Å²) in [6, 6.07) is 14.1. The molecule has 0 bridgehead atoms. The number of halogens is 1. The molecule has 2 heterocycles. The molecule has 0 spiro atoms. The second kappa shape index (κ2) is 8.03. The predicted molar refractivity (Wildman–Crippen MR) is 103 cm³/mol. The first-order chi connectivity index (χ1) is 12.5. The van der Waals surface area contributed by atoms with Gasteiger partial charge in [0.15, 0.2) is 0 Å². The first kappa shape index (κ1) is 18.6. The van der Waals surface area contributed by atoms with E-state index < -0.39 is 10.0 Å². The number of nitrogens with one attached hydrogen (secondary N) is 1. The molecular weight excluding hydrogens is 370 g/mol. The quantitative estimate of drug-likeness (QED) is 0.671. The van der Waals surface area contributed by atoms with Gasteiger partial charge in [0.25, 0.3) is 0 Å². The number of nitrogens with zero attached hydrogens (tertiary/aromatic N) is 2. The minimum absolute atomic E-state index is 0.0524. The Labute approximate surface area is 158 Å². The van der Waals surface area contributed by atoms with Crippen LogP contribution in [-0.2, 0) is 17.1 Å². The molecule has 1 aromatic carbocycles. The minimum atomic E-state index is -3.56. The summed E-state index contributed by atoms with van der Waals surface area (Å²) in [5.41, 5.74) is 2.17. The van der Waals surface area contributed by atoms with Crippen molar-refractivity contribution in [2.45, 2.75) is 17.2 Å². The maximum Gasteiger partial charge on any atom is 0.240 e. The lowest BCUT2D eigenvalue weighted by molar-refractivity contribution is 0.572. The normalized spacial score (nSPS) is 12.8. The maximum absolute atomic E-state index is 12.4. The van der Waals surface area contributed by atoms with E-state index in [-0.39, 0.29) is 10.8 Å². The fraction of sp³-hybridized carbons (Fsp3) is 0.211. The fourth-order valence-corrected chi connectivity index (χ4v) is 4.11. The van der Waals surface area contributed by atoms with E-state index in [4.69, 9.17) is 11.6 Å². The largest absolute Gasteiger partial charge is 0.354 e. The molecule has 136 valence electrons. The van der Waals surface area contributed by atoms with Crippen LogP contribution in [0, 0.1) is 0 Å². The Morgan fingerprint density at radius 2 is 1.92 bits per heavy atom. The van der Waals surface area contributed by atoms with Crippen molar-refractivity contribution >= 4 is 21.6 Å². The topological polar surface area (TPSA) is 64.0 Å². The van der Waals surface area contributed by atoms with E-state index in [1.807, 2.05) is 48.3 Å². The first-order valence-electron chi connectivity index (χ1n) is 8.24. The monoisotopic (exact) mass is 389 g/mol. The Morgan fingerprint density at radius 1 is 1.15 bits per heavy atom. The molecule has 1 N–H and O–H groups in total. The van der Waals surface area contributed by atoms with Crippen LogP contribution in [-0.4, -0.2) is 24.5 Å². The number of hydrogen-bond donors (Lipinski definition) is 1. The molecule has 0 aliphatic rings. The van der Waals surface area contributed by atoms with Gasteiger partial charge in [0.2, 0.25) is 10.0 Å². The molecule has 1 unspecified atom stereocenters. The van der Waals surface area contributed by atoms with E-state index >= 15 is 0 Å². The average molecular weight is 390 g/mol.